The third kappa shape index (κ3) is 2.72. The van der Waals surface area contributed by atoms with E-state index >= 15 is 0 Å². The van der Waals surface area contributed by atoms with Crippen molar-refractivity contribution >= 4 is 39.5 Å². The molecular formula is C21H15NO3S2. The van der Waals surface area contributed by atoms with Crippen molar-refractivity contribution in [3.05, 3.63) is 90.6 Å². The van der Waals surface area contributed by atoms with Crippen LogP contribution in [0.15, 0.2) is 68.5 Å². The molecule has 1 aliphatic heterocycles. The number of carbonyl (C=O) groups excluding carboxylic acids is 1. The number of thiophene rings is 2. The van der Waals surface area contributed by atoms with Crippen LogP contribution in [0.5, 0.6) is 0 Å². The van der Waals surface area contributed by atoms with Gasteiger partial charge in [0.05, 0.1) is 6.04 Å². The molecule has 4 aromatic rings. The van der Waals surface area contributed by atoms with Crippen molar-refractivity contribution in [2.75, 3.05) is 6.54 Å². The lowest BCUT2D eigenvalue weighted by Crippen LogP contribution is -2.41. The van der Waals surface area contributed by atoms with Gasteiger partial charge in [0.2, 0.25) is 0 Å². The topological polar surface area (TPSA) is 50.5 Å². The van der Waals surface area contributed by atoms with E-state index in [9.17, 15) is 9.59 Å². The van der Waals surface area contributed by atoms with Crippen molar-refractivity contribution in [3.63, 3.8) is 0 Å². The zero-order valence-corrected chi connectivity index (χ0v) is 15.9. The summed E-state index contributed by atoms with van der Waals surface area (Å²) in [5.41, 5.74) is 1.16. The largest absolute Gasteiger partial charge is 0.422 e. The van der Waals surface area contributed by atoms with Crippen LogP contribution in [0.1, 0.15) is 31.7 Å². The van der Waals surface area contributed by atoms with E-state index in [-0.39, 0.29) is 17.5 Å². The van der Waals surface area contributed by atoms with E-state index in [1.807, 2.05) is 40.6 Å². The second-order valence-electron chi connectivity index (χ2n) is 6.45. The molecule has 0 spiro atoms. The highest BCUT2D eigenvalue weighted by molar-refractivity contribution is 7.10. The normalized spacial score (nSPS) is 16.4. The van der Waals surface area contributed by atoms with E-state index in [1.54, 1.807) is 34.8 Å². The van der Waals surface area contributed by atoms with Crippen LogP contribution in [0.2, 0.25) is 0 Å². The zero-order valence-electron chi connectivity index (χ0n) is 14.3. The first kappa shape index (κ1) is 16.5. The lowest BCUT2D eigenvalue weighted by Gasteiger charge is -2.35. The minimum absolute atomic E-state index is 0.0916. The maximum atomic E-state index is 13.4. The molecule has 0 N–H and O–H groups in total. The molecular weight excluding hydrogens is 378 g/mol. The Kier molecular flexibility index (Phi) is 3.95. The molecule has 4 heterocycles. The monoisotopic (exact) mass is 393 g/mol. The van der Waals surface area contributed by atoms with Gasteiger partial charge in [-0.15, -0.1) is 22.7 Å². The van der Waals surface area contributed by atoms with E-state index in [4.69, 9.17) is 4.42 Å². The molecule has 0 aliphatic carbocycles. The summed E-state index contributed by atoms with van der Waals surface area (Å²) in [4.78, 5) is 30.1. The predicted octanol–water partition coefficient (Wildman–Crippen LogP) is 4.70. The Labute approximate surface area is 163 Å². The summed E-state index contributed by atoms with van der Waals surface area (Å²) in [6.07, 6.45) is 0.805. The van der Waals surface area contributed by atoms with Gasteiger partial charge >= 0.3 is 5.63 Å². The number of carbonyl (C=O) groups is 1. The number of benzene rings is 1. The van der Waals surface area contributed by atoms with Gasteiger partial charge in [-0.3, -0.25) is 4.79 Å². The van der Waals surface area contributed by atoms with Crippen LogP contribution in [-0.4, -0.2) is 17.4 Å². The summed E-state index contributed by atoms with van der Waals surface area (Å²) >= 11 is 3.36. The van der Waals surface area contributed by atoms with Gasteiger partial charge in [0.1, 0.15) is 11.1 Å². The smallest absolute Gasteiger partial charge is 0.349 e. The molecule has 0 saturated carbocycles. The summed E-state index contributed by atoms with van der Waals surface area (Å²) in [5, 5.41) is 4.84. The first-order valence-electron chi connectivity index (χ1n) is 8.66. The molecule has 0 radical (unpaired) electrons. The minimum atomic E-state index is -0.584. The number of fused-ring (bicyclic) bond motifs is 2. The van der Waals surface area contributed by atoms with Crippen molar-refractivity contribution in [1.29, 1.82) is 0 Å². The molecule has 5 rings (SSSR count). The third-order valence-corrected chi connectivity index (χ3v) is 6.83. The summed E-state index contributed by atoms with van der Waals surface area (Å²) < 4.78 is 5.39. The highest BCUT2D eigenvalue weighted by Crippen LogP contribution is 2.40. The summed E-state index contributed by atoms with van der Waals surface area (Å²) in [5.74, 6) is -0.273. The molecule has 1 amide bonds. The molecule has 0 fully saturated rings. The van der Waals surface area contributed by atoms with Crippen LogP contribution in [-0.2, 0) is 6.42 Å². The molecule has 1 aliphatic rings. The van der Waals surface area contributed by atoms with Gasteiger partial charge in [-0.2, -0.15) is 0 Å². The highest BCUT2D eigenvalue weighted by atomic mass is 32.1. The van der Waals surface area contributed by atoms with E-state index in [0.29, 0.717) is 12.1 Å². The third-order valence-electron chi connectivity index (χ3n) is 4.91. The van der Waals surface area contributed by atoms with E-state index in [0.717, 1.165) is 22.2 Å². The van der Waals surface area contributed by atoms with Crippen molar-refractivity contribution in [3.8, 4) is 0 Å². The number of hydrogen-bond acceptors (Lipinski definition) is 5. The fourth-order valence-electron chi connectivity index (χ4n) is 3.65. The van der Waals surface area contributed by atoms with Crippen LogP contribution >= 0.6 is 22.7 Å². The maximum absolute atomic E-state index is 13.4. The van der Waals surface area contributed by atoms with Gasteiger partial charge in [0.15, 0.2) is 0 Å². The van der Waals surface area contributed by atoms with Gasteiger partial charge < -0.3 is 9.32 Å². The highest BCUT2D eigenvalue weighted by Gasteiger charge is 2.35. The van der Waals surface area contributed by atoms with E-state index < -0.39 is 5.63 Å². The number of rotatable bonds is 2. The Balaban J connectivity index is 1.62. The van der Waals surface area contributed by atoms with Gasteiger partial charge in [0.25, 0.3) is 5.91 Å². The quantitative estimate of drug-likeness (QED) is 0.464. The molecule has 1 aromatic carbocycles. The SMILES string of the molecule is O=C(c1cc2ccccc2oc1=O)N1CCc2sccc2[C@@H]1c1cccs1. The van der Waals surface area contributed by atoms with Crippen LogP contribution in [0.3, 0.4) is 0 Å². The second kappa shape index (κ2) is 6.48. The number of amides is 1. The lowest BCUT2D eigenvalue weighted by atomic mass is 9.97. The molecule has 3 aromatic heterocycles. The first-order chi connectivity index (χ1) is 13.2. The van der Waals surface area contributed by atoms with Gasteiger partial charge in [-0.1, -0.05) is 24.3 Å². The molecule has 4 nitrogen and oxygen atoms in total. The Morgan fingerprint density at radius 3 is 2.81 bits per heavy atom. The van der Waals surface area contributed by atoms with Crippen molar-refractivity contribution in [2.45, 2.75) is 12.5 Å². The van der Waals surface area contributed by atoms with Crippen LogP contribution in [0.25, 0.3) is 11.0 Å². The molecule has 27 heavy (non-hydrogen) atoms. The Hall–Kier alpha value is -2.70. The van der Waals surface area contributed by atoms with Gasteiger partial charge in [0, 0.05) is 21.7 Å². The van der Waals surface area contributed by atoms with Gasteiger partial charge in [-0.25, -0.2) is 4.79 Å². The van der Waals surface area contributed by atoms with E-state index in [2.05, 4.69) is 11.4 Å². The molecule has 6 heteroatoms. The predicted molar refractivity (Wildman–Crippen MR) is 108 cm³/mol. The van der Waals surface area contributed by atoms with Gasteiger partial charge in [-0.05, 0) is 47.0 Å². The number of hydrogen-bond donors (Lipinski definition) is 0. The molecule has 134 valence electrons. The summed E-state index contributed by atoms with van der Waals surface area (Å²) in [7, 11) is 0. The Bertz CT molecular complexity index is 1190. The summed E-state index contributed by atoms with van der Waals surface area (Å²) in [6.45, 7) is 0.585. The maximum Gasteiger partial charge on any atom is 0.349 e. The van der Waals surface area contributed by atoms with E-state index in [1.165, 1.54) is 4.88 Å². The van der Waals surface area contributed by atoms with Crippen molar-refractivity contribution < 1.29 is 9.21 Å². The van der Waals surface area contributed by atoms with Crippen molar-refractivity contribution in [2.24, 2.45) is 0 Å². The lowest BCUT2D eigenvalue weighted by molar-refractivity contribution is 0.0694. The molecule has 0 bridgehead atoms. The summed E-state index contributed by atoms with van der Waals surface area (Å²) in [6, 6.07) is 14.9. The first-order valence-corrected chi connectivity index (χ1v) is 10.4. The second-order valence-corrected chi connectivity index (χ2v) is 8.43. The molecule has 0 unspecified atom stereocenters. The Morgan fingerprint density at radius 1 is 1.07 bits per heavy atom. The zero-order chi connectivity index (χ0) is 18.4. The minimum Gasteiger partial charge on any atom is -0.422 e. The van der Waals surface area contributed by atoms with Crippen LogP contribution in [0.4, 0.5) is 0 Å². The average molecular weight is 393 g/mol. The average Bonchev–Trinajstić information content (AvgIpc) is 3.37. The Morgan fingerprint density at radius 2 is 1.96 bits per heavy atom. The van der Waals surface area contributed by atoms with Crippen LogP contribution < -0.4 is 5.63 Å². The molecule has 1 atom stereocenters. The molecule has 0 saturated heterocycles. The number of nitrogens with zero attached hydrogens (tertiary/aromatic N) is 1. The fourth-order valence-corrected chi connectivity index (χ4v) is 5.41. The fraction of sp³-hybridized carbons (Fsp3) is 0.143. The van der Waals surface area contributed by atoms with Crippen molar-refractivity contribution in [1.82, 2.24) is 4.90 Å². The standard InChI is InChI=1S/C21H15NO3S2/c23-20(15-12-13-4-1-2-5-16(13)25-21(15)24)22-9-7-17-14(8-11-27-17)19(22)18-6-3-10-26-18/h1-6,8,10-12,19H,7,9H2/t19-/m1/s1. The van der Waals surface area contributed by atoms with Crippen LogP contribution in [0, 0.1) is 0 Å². The number of para-hydroxylation sites is 1.